The fraction of sp³-hybridized carbons (Fsp3) is 0.238. The Balaban J connectivity index is 1.85. The van der Waals surface area contributed by atoms with E-state index in [1.807, 2.05) is 24.4 Å². The molecule has 2 aromatic heterocycles. The lowest BCUT2D eigenvalue weighted by Gasteiger charge is -2.28. The van der Waals surface area contributed by atoms with Crippen LogP contribution in [0.2, 0.25) is 0 Å². The Kier molecular flexibility index (Phi) is 4.47. The Hall–Kier alpha value is -2.66. The smallest absolute Gasteiger partial charge is 0.170 e. The predicted octanol–water partition coefficient (Wildman–Crippen LogP) is 4.17. The van der Waals surface area contributed by atoms with E-state index < -0.39 is 0 Å². The zero-order valence-electron chi connectivity index (χ0n) is 15.0. The van der Waals surface area contributed by atoms with Crippen molar-refractivity contribution in [3.8, 4) is 5.69 Å². The Morgan fingerprint density at radius 2 is 1.81 bits per heavy atom. The van der Waals surface area contributed by atoms with Crippen LogP contribution >= 0.6 is 12.2 Å². The predicted molar refractivity (Wildman–Crippen MR) is 108 cm³/mol. The van der Waals surface area contributed by atoms with Crippen LogP contribution in [0, 0.1) is 6.92 Å². The first kappa shape index (κ1) is 16.8. The molecular formula is C21H22N4S. The fourth-order valence-electron chi connectivity index (χ4n) is 3.79. The molecule has 0 radical (unpaired) electrons. The minimum atomic E-state index is 0.0282. The average Bonchev–Trinajstić information content (AvgIpc) is 3.22. The second kappa shape index (κ2) is 6.92. The first-order valence-electron chi connectivity index (χ1n) is 8.92. The van der Waals surface area contributed by atoms with E-state index in [9.17, 15) is 0 Å². The van der Waals surface area contributed by atoms with Crippen molar-refractivity contribution >= 4 is 17.3 Å². The van der Waals surface area contributed by atoms with Gasteiger partial charge in [-0.2, -0.15) is 0 Å². The van der Waals surface area contributed by atoms with Crippen LogP contribution in [0.25, 0.3) is 5.69 Å². The molecule has 1 saturated heterocycles. The standard InChI is InChI=1S/C21H22N4S/c1-3-24-20(19(23-21(24)26)17-11-7-8-14-22-17)18-13-12-15(2)25(18)16-9-5-4-6-10-16/h4-14,19-20H,3H2,1-2H3,(H,23,26)/t19-,20+/m1/s1. The van der Waals surface area contributed by atoms with Crippen LogP contribution < -0.4 is 5.32 Å². The molecule has 0 bridgehead atoms. The summed E-state index contributed by atoms with van der Waals surface area (Å²) < 4.78 is 2.32. The summed E-state index contributed by atoms with van der Waals surface area (Å²) >= 11 is 5.64. The number of nitrogens with zero attached hydrogens (tertiary/aromatic N) is 3. The van der Waals surface area contributed by atoms with Crippen molar-refractivity contribution in [2.24, 2.45) is 0 Å². The molecule has 3 aromatic rings. The molecule has 1 fully saturated rings. The number of nitrogens with one attached hydrogen (secondary N) is 1. The molecule has 0 saturated carbocycles. The van der Waals surface area contributed by atoms with Crippen molar-refractivity contribution in [1.29, 1.82) is 0 Å². The highest BCUT2D eigenvalue weighted by molar-refractivity contribution is 7.80. The van der Waals surface area contributed by atoms with Gasteiger partial charge < -0.3 is 14.8 Å². The molecule has 4 rings (SSSR count). The Morgan fingerprint density at radius 3 is 2.50 bits per heavy atom. The summed E-state index contributed by atoms with van der Waals surface area (Å²) in [4.78, 5) is 6.84. The third-order valence-corrected chi connectivity index (χ3v) is 5.31. The summed E-state index contributed by atoms with van der Waals surface area (Å²) in [5, 5.41) is 4.27. The molecule has 0 spiro atoms. The van der Waals surface area contributed by atoms with Crippen LogP contribution in [0.4, 0.5) is 0 Å². The largest absolute Gasteiger partial charge is 0.352 e. The van der Waals surface area contributed by atoms with Crippen LogP contribution in [0.5, 0.6) is 0 Å². The Morgan fingerprint density at radius 1 is 1.04 bits per heavy atom. The number of aryl methyl sites for hydroxylation is 1. The molecule has 0 amide bonds. The topological polar surface area (TPSA) is 33.1 Å². The molecule has 5 heteroatoms. The van der Waals surface area contributed by atoms with Gasteiger partial charge in [-0.1, -0.05) is 24.3 Å². The third kappa shape index (κ3) is 2.78. The summed E-state index contributed by atoms with van der Waals surface area (Å²) in [6.45, 7) is 5.13. The number of hydrogen-bond donors (Lipinski definition) is 1. The van der Waals surface area contributed by atoms with E-state index in [2.05, 4.69) is 76.1 Å². The van der Waals surface area contributed by atoms with E-state index in [1.54, 1.807) is 0 Å². The van der Waals surface area contributed by atoms with Gasteiger partial charge in [-0.05, 0) is 62.5 Å². The number of likely N-dealkylation sites (N-methyl/N-ethyl adjacent to an activating group) is 1. The molecule has 26 heavy (non-hydrogen) atoms. The summed E-state index contributed by atoms with van der Waals surface area (Å²) in [6, 6.07) is 21.0. The maximum atomic E-state index is 5.64. The van der Waals surface area contributed by atoms with Gasteiger partial charge in [0.2, 0.25) is 0 Å². The van der Waals surface area contributed by atoms with Gasteiger partial charge in [0, 0.05) is 29.8 Å². The van der Waals surface area contributed by atoms with E-state index in [0.717, 1.165) is 17.4 Å². The molecule has 3 heterocycles. The van der Waals surface area contributed by atoms with E-state index in [-0.39, 0.29) is 12.1 Å². The van der Waals surface area contributed by atoms with E-state index in [1.165, 1.54) is 17.1 Å². The summed E-state index contributed by atoms with van der Waals surface area (Å²) in [5.41, 5.74) is 4.60. The third-order valence-electron chi connectivity index (χ3n) is 4.96. The lowest BCUT2D eigenvalue weighted by Crippen LogP contribution is -2.30. The molecule has 1 aliphatic rings. The van der Waals surface area contributed by atoms with Crippen molar-refractivity contribution in [1.82, 2.24) is 19.8 Å². The van der Waals surface area contributed by atoms with Gasteiger partial charge in [0.1, 0.15) is 0 Å². The second-order valence-electron chi connectivity index (χ2n) is 6.48. The highest BCUT2D eigenvalue weighted by Gasteiger charge is 2.40. The molecule has 1 N–H and O–H groups in total. The molecule has 1 aromatic carbocycles. The normalized spacial score (nSPS) is 19.6. The van der Waals surface area contributed by atoms with E-state index in [0.29, 0.717) is 0 Å². The Bertz CT molecular complexity index is 904. The zero-order valence-corrected chi connectivity index (χ0v) is 15.8. The van der Waals surface area contributed by atoms with Gasteiger partial charge in [-0.25, -0.2) is 0 Å². The van der Waals surface area contributed by atoms with Crippen molar-refractivity contribution in [3.05, 3.63) is 83.9 Å². The van der Waals surface area contributed by atoms with Gasteiger partial charge in [0.15, 0.2) is 5.11 Å². The summed E-state index contributed by atoms with van der Waals surface area (Å²) in [7, 11) is 0. The van der Waals surface area contributed by atoms with E-state index >= 15 is 0 Å². The highest BCUT2D eigenvalue weighted by atomic mass is 32.1. The highest BCUT2D eigenvalue weighted by Crippen LogP contribution is 2.39. The maximum absolute atomic E-state index is 5.64. The van der Waals surface area contributed by atoms with Gasteiger partial charge in [0.05, 0.1) is 17.8 Å². The zero-order chi connectivity index (χ0) is 18.1. The molecule has 0 aliphatic carbocycles. The monoisotopic (exact) mass is 362 g/mol. The van der Waals surface area contributed by atoms with Crippen molar-refractivity contribution in [2.75, 3.05) is 6.54 Å². The number of para-hydroxylation sites is 1. The quantitative estimate of drug-likeness (QED) is 0.706. The first-order chi connectivity index (χ1) is 12.7. The van der Waals surface area contributed by atoms with Gasteiger partial charge in [0.25, 0.3) is 0 Å². The van der Waals surface area contributed by atoms with Crippen LogP contribution in [0.1, 0.15) is 36.1 Å². The maximum Gasteiger partial charge on any atom is 0.170 e. The first-order valence-corrected chi connectivity index (χ1v) is 9.33. The molecule has 1 aliphatic heterocycles. The van der Waals surface area contributed by atoms with Crippen LogP contribution in [0.3, 0.4) is 0 Å². The number of rotatable bonds is 4. The van der Waals surface area contributed by atoms with Gasteiger partial charge in [-0.15, -0.1) is 0 Å². The molecule has 0 unspecified atom stereocenters. The molecular weight excluding hydrogens is 340 g/mol. The SMILES string of the molecule is CCN1C(=S)N[C@H](c2ccccn2)[C@@H]1c1ccc(C)n1-c1ccccc1. The van der Waals surface area contributed by atoms with Crippen molar-refractivity contribution in [2.45, 2.75) is 25.9 Å². The second-order valence-corrected chi connectivity index (χ2v) is 6.87. The number of hydrogen-bond acceptors (Lipinski definition) is 2. The van der Waals surface area contributed by atoms with E-state index in [4.69, 9.17) is 12.2 Å². The van der Waals surface area contributed by atoms with Gasteiger partial charge in [-0.3, -0.25) is 4.98 Å². The van der Waals surface area contributed by atoms with Crippen molar-refractivity contribution < 1.29 is 0 Å². The Labute approximate surface area is 159 Å². The number of benzene rings is 1. The molecule has 4 nitrogen and oxygen atoms in total. The molecule has 132 valence electrons. The number of pyridine rings is 1. The lowest BCUT2D eigenvalue weighted by molar-refractivity contribution is 0.320. The number of aromatic nitrogens is 2. The fourth-order valence-corrected chi connectivity index (χ4v) is 4.16. The number of thiocarbonyl (C=S) groups is 1. The average molecular weight is 363 g/mol. The van der Waals surface area contributed by atoms with Crippen LogP contribution in [0.15, 0.2) is 66.9 Å². The van der Waals surface area contributed by atoms with Crippen LogP contribution in [-0.2, 0) is 0 Å². The minimum Gasteiger partial charge on any atom is -0.352 e. The molecule has 2 atom stereocenters. The van der Waals surface area contributed by atoms with Crippen LogP contribution in [-0.4, -0.2) is 26.1 Å². The summed E-state index contributed by atoms with van der Waals surface area (Å²) in [5.74, 6) is 0. The van der Waals surface area contributed by atoms with Crippen molar-refractivity contribution in [3.63, 3.8) is 0 Å². The summed E-state index contributed by atoms with van der Waals surface area (Å²) in [6.07, 6.45) is 1.84. The minimum absolute atomic E-state index is 0.0282. The lowest BCUT2D eigenvalue weighted by atomic mass is 10.0. The van der Waals surface area contributed by atoms with Gasteiger partial charge >= 0.3 is 0 Å².